The Morgan fingerprint density at radius 3 is 2.65 bits per heavy atom. The molecule has 1 unspecified atom stereocenters. The molecule has 4 rings (SSSR count). The summed E-state index contributed by atoms with van der Waals surface area (Å²) in [4.78, 5) is 19.5. The third-order valence-electron chi connectivity index (χ3n) is 6.06. The van der Waals surface area contributed by atoms with Gasteiger partial charge in [-0.3, -0.25) is 9.69 Å². The summed E-state index contributed by atoms with van der Waals surface area (Å²) < 4.78 is 35.7. The standard InChI is InChI=1S/C26H27F2N3O3/c1-31-23(32)26(30-25(31)29,19-9-6-8-17(15-19)7-4-3-5-14-33-2)20-12-13-22(34-24(27)28)21(16-20)18-10-11-18/h6,8-9,12-13,15-16,18,24H,3,5,10-11,14H2,1-2H3,(H2,29,30). The first-order chi connectivity index (χ1) is 16.4. The molecule has 2 aliphatic rings. The van der Waals surface area contributed by atoms with Gasteiger partial charge >= 0.3 is 6.61 Å². The summed E-state index contributed by atoms with van der Waals surface area (Å²) in [5, 5.41) is 0. The monoisotopic (exact) mass is 467 g/mol. The van der Waals surface area contributed by atoms with Crippen molar-refractivity contribution in [3.8, 4) is 17.6 Å². The molecule has 0 bridgehead atoms. The zero-order valence-electron chi connectivity index (χ0n) is 19.2. The molecule has 8 heteroatoms. The van der Waals surface area contributed by atoms with Crippen molar-refractivity contribution in [3.05, 3.63) is 64.7 Å². The summed E-state index contributed by atoms with van der Waals surface area (Å²) in [6, 6.07) is 12.2. The van der Waals surface area contributed by atoms with E-state index in [1.165, 1.54) is 11.0 Å². The second kappa shape index (κ2) is 9.82. The minimum atomic E-state index is -2.93. The number of hydrogen-bond donors (Lipinski definition) is 1. The molecule has 2 N–H and O–H groups in total. The van der Waals surface area contributed by atoms with Crippen LogP contribution in [-0.4, -0.2) is 44.1 Å². The maximum absolute atomic E-state index is 13.6. The number of benzene rings is 2. The van der Waals surface area contributed by atoms with Crippen molar-refractivity contribution in [1.29, 1.82) is 0 Å². The highest BCUT2D eigenvalue weighted by Crippen LogP contribution is 2.48. The van der Waals surface area contributed by atoms with Gasteiger partial charge in [-0.15, -0.1) is 0 Å². The van der Waals surface area contributed by atoms with Crippen LogP contribution in [0.4, 0.5) is 8.78 Å². The van der Waals surface area contributed by atoms with Crippen LogP contribution in [0.3, 0.4) is 0 Å². The van der Waals surface area contributed by atoms with Crippen LogP contribution in [0.5, 0.6) is 5.75 Å². The molecule has 178 valence electrons. The van der Waals surface area contributed by atoms with Gasteiger partial charge in [-0.25, -0.2) is 4.99 Å². The number of rotatable bonds is 8. The van der Waals surface area contributed by atoms with Crippen LogP contribution >= 0.6 is 0 Å². The molecule has 1 saturated carbocycles. The summed E-state index contributed by atoms with van der Waals surface area (Å²) in [5.41, 5.74) is 7.21. The van der Waals surface area contributed by atoms with Crippen molar-refractivity contribution in [2.24, 2.45) is 10.7 Å². The first-order valence-electron chi connectivity index (χ1n) is 11.2. The maximum atomic E-state index is 13.6. The number of unbranched alkanes of at least 4 members (excludes halogenated alkanes) is 1. The molecule has 2 aromatic rings. The van der Waals surface area contributed by atoms with Crippen LogP contribution in [0.15, 0.2) is 47.5 Å². The van der Waals surface area contributed by atoms with E-state index in [1.807, 2.05) is 24.3 Å². The lowest BCUT2D eigenvalue weighted by molar-refractivity contribution is -0.129. The van der Waals surface area contributed by atoms with Gasteiger partial charge < -0.3 is 15.2 Å². The molecule has 1 aliphatic carbocycles. The predicted octanol–water partition coefficient (Wildman–Crippen LogP) is 3.97. The number of alkyl halides is 2. The number of guanidine groups is 1. The third kappa shape index (κ3) is 4.62. The van der Waals surface area contributed by atoms with Gasteiger partial charge in [-0.2, -0.15) is 8.78 Å². The van der Waals surface area contributed by atoms with E-state index in [0.717, 1.165) is 24.8 Å². The Morgan fingerprint density at radius 2 is 2.00 bits per heavy atom. The van der Waals surface area contributed by atoms with Crippen molar-refractivity contribution in [2.75, 3.05) is 20.8 Å². The van der Waals surface area contributed by atoms with Gasteiger partial charge in [0.15, 0.2) is 11.5 Å². The number of nitrogens with zero attached hydrogens (tertiary/aromatic N) is 2. The van der Waals surface area contributed by atoms with Gasteiger partial charge in [0.2, 0.25) is 0 Å². The second-order valence-electron chi connectivity index (χ2n) is 8.43. The van der Waals surface area contributed by atoms with Crippen molar-refractivity contribution >= 4 is 11.9 Å². The SMILES string of the molecule is COCCCC#Cc1cccc(C2(c3ccc(OC(F)F)c(C4CC4)c3)N=C(N)N(C)C2=O)c1. The Hall–Kier alpha value is -3.44. The molecule has 1 amide bonds. The van der Waals surface area contributed by atoms with E-state index in [-0.39, 0.29) is 23.5 Å². The van der Waals surface area contributed by atoms with Crippen LogP contribution in [0, 0.1) is 11.8 Å². The molecule has 0 spiro atoms. The number of methoxy groups -OCH3 is 1. The molecular weight excluding hydrogens is 440 g/mol. The first kappa shape index (κ1) is 23.7. The number of ether oxygens (including phenoxy) is 2. The molecule has 0 radical (unpaired) electrons. The number of likely N-dealkylation sites (N-methyl/N-ethyl adjacent to an activating group) is 1. The lowest BCUT2D eigenvalue weighted by Crippen LogP contribution is -2.41. The van der Waals surface area contributed by atoms with Gasteiger partial charge in [0, 0.05) is 32.7 Å². The van der Waals surface area contributed by atoms with Crippen LogP contribution in [0.1, 0.15) is 53.9 Å². The molecule has 1 heterocycles. The molecular formula is C26H27F2N3O3. The topological polar surface area (TPSA) is 77.2 Å². The molecule has 1 atom stereocenters. The van der Waals surface area contributed by atoms with Crippen molar-refractivity contribution in [2.45, 2.75) is 43.8 Å². The lowest BCUT2D eigenvalue weighted by Gasteiger charge is -2.27. The molecule has 0 aromatic heterocycles. The Morgan fingerprint density at radius 1 is 1.24 bits per heavy atom. The van der Waals surface area contributed by atoms with E-state index in [9.17, 15) is 13.6 Å². The largest absolute Gasteiger partial charge is 0.435 e. The van der Waals surface area contributed by atoms with Gasteiger partial charge in [0.1, 0.15) is 5.75 Å². The van der Waals surface area contributed by atoms with E-state index in [2.05, 4.69) is 16.8 Å². The number of hydrogen-bond acceptors (Lipinski definition) is 5. The number of aliphatic imine (C=N–C) groups is 1. The summed E-state index contributed by atoms with van der Waals surface area (Å²) in [5.74, 6) is 6.26. The zero-order chi connectivity index (χ0) is 24.3. The smallest absolute Gasteiger partial charge is 0.387 e. The zero-order valence-corrected chi connectivity index (χ0v) is 19.2. The molecule has 2 aromatic carbocycles. The third-order valence-corrected chi connectivity index (χ3v) is 6.06. The number of carbonyl (C=O) groups is 1. The molecule has 6 nitrogen and oxygen atoms in total. The van der Waals surface area contributed by atoms with E-state index in [4.69, 9.17) is 15.2 Å². The number of halogens is 2. The van der Waals surface area contributed by atoms with Gasteiger partial charge in [0.05, 0.1) is 0 Å². The Bertz CT molecular complexity index is 1170. The Kier molecular flexibility index (Phi) is 6.85. The Labute approximate surface area is 197 Å². The van der Waals surface area contributed by atoms with Crippen LogP contribution in [-0.2, 0) is 15.1 Å². The van der Waals surface area contributed by atoms with Crippen molar-refractivity contribution < 1.29 is 23.0 Å². The average molecular weight is 468 g/mol. The average Bonchev–Trinajstić information content (AvgIpc) is 3.64. The van der Waals surface area contributed by atoms with E-state index in [0.29, 0.717) is 29.7 Å². The molecule has 1 aliphatic heterocycles. The first-order valence-corrected chi connectivity index (χ1v) is 11.2. The van der Waals surface area contributed by atoms with Crippen LogP contribution in [0.2, 0.25) is 0 Å². The summed E-state index contributed by atoms with van der Waals surface area (Å²) in [6.45, 7) is -2.29. The van der Waals surface area contributed by atoms with Crippen LogP contribution < -0.4 is 10.5 Å². The van der Waals surface area contributed by atoms with Crippen molar-refractivity contribution in [3.63, 3.8) is 0 Å². The highest BCUT2D eigenvalue weighted by molar-refractivity contribution is 6.09. The minimum Gasteiger partial charge on any atom is -0.435 e. The minimum absolute atomic E-state index is 0.0851. The van der Waals surface area contributed by atoms with Gasteiger partial charge in [-0.05, 0) is 66.1 Å². The molecule has 34 heavy (non-hydrogen) atoms. The van der Waals surface area contributed by atoms with E-state index < -0.39 is 12.2 Å². The second-order valence-corrected chi connectivity index (χ2v) is 8.43. The summed E-state index contributed by atoms with van der Waals surface area (Å²) in [7, 11) is 3.22. The fourth-order valence-corrected chi connectivity index (χ4v) is 4.17. The Balaban J connectivity index is 1.79. The summed E-state index contributed by atoms with van der Waals surface area (Å²) in [6.07, 6.45) is 3.27. The number of carbonyl (C=O) groups excluding carboxylic acids is 1. The number of nitrogens with two attached hydrogens (primary N) is 1. The fraction of sp³-hybridized carbons (Fsp3) is 0.385. The van der Waals surface area contributed by atoms with Crippen LogP contribution in [0.25, 0.3) is 0 Å². The van der Waals surface area contributed by atoms with Crippen molar-refractivity contribution in [1.82, 2.24) is 4.90 Å². The summed E-state index contributed by atoms with van der Waals surface area (Å²) >= 11 is 0. The van der Waals surface area contributed by atoms with Gasteiger partial charge in [-0.1, -0.05) is 30.0 Å². The fourth-order valence-electron chi connectivity index (χ4n) is 4.17. The highest BCUT2D eigenvalue weighted by atomic mass is 19.3. The maximum Gasteiger partial charge on any atom is 0.387 e. The molecule has 0 saturated heterocycles. The lowest BCUT2D eigenvalue weighted by atomic mass is 9.81. The number of amides is 1. The molecule has 1 fully saturated rings. The quantitative estimate of drug-likeness (QED) is 0.471. The van der Waals surface area contributed by atoms with E-state index in [1.54, 1.807) is 26.3 Å². The van der Waals surface area contributed by atoms with Gasteiger partial charge in [0.25, 0.3) is 5.91 Å². The predicted molar refractivity (Wildman–Crippen MR) is 125 cm³/mol. The van der Waals surface area contributed by atoms with E-state index >= 15 is 0 Å². The normalized spacial score (nSPS) is 19.7. The highest BCUT2D eigenvalue weighted by Gasteiger charge is 2.50.